The van der Waals surface area contributed by atoms with Gasteiger partial charge < -0.3 is 20.4 Å². The van der Waals surface area contributed by atoms with E-state index in [1.54, 1.807) is 26.1 Å². The van der Waals surface area contributed by atoms with Crippen LogP contribution in [0.1, 0.15) is 54.9 Å². The number of carbonyl (C=O) groups excluding carboxylic acids is 2. The molecule has 9 heteroatoms. The second-order valence-electron chi connectivity index (χ2n) is 9.88. The zero-order valence-electron chi connectivity index (χ0n) is 21.3. The average Bonchev–Trinajstić information content (AvgIpc) is 3.57. The van der Waals surface area contributed by atoms with Crippen LogP contribution >= 0.6 is 11.3 Å². The second kappa shape index (κ2) is 11.6. The Morgan fingerprint density at radius 2 is 1.86 bits per heavy atom. The minimum atomic E-state index is -0.545. The first kappa shape index (κ1) is 26.4. The third kappa shape index (κ3) is 5.85. The standard InChI is InChI=1S/C27H36FN5O2S/c1-17(19-7-9-21(28)10-8-19)22-16-36-26(30-22)23-6-5-13-33(23)27(35)24(31-25(34)18(2)29-3)20-11-14-32(4)15-12-20/h7-10,16,18,20,23-24,29H,1,5-6,11-15H2,2-4H3,(H,31,34)/t18-,23-,24-/m0/s1. The van der Waals surface area contributed by atoms with E-state index in [0.717, 1.165) is 60.6 Å². The highest BCUT2D eigenvalue weighted by atomic mass is 32.1. The summed E-state index contributed by atoms with van der Waals surface area (Å²) in [6.07, 6.45) is 3.48. The maximum absolute atomic E-state index is 14.0. The number of hydrogen-bond donors (Lipinski definition) is 2. The minimum Gasteiger partial charge on any atom is -0.343 e. The van der Waals surface area contributed by atoms with Crippen LogP contribution in [-0.2, 0) is 9.59 Å². The summed E-state index contributed by atoms with van der Waals surface area (Å²) >= 11 is 1.52. The molecule has 2 aliphatic rings. The summed E-state index contributed by atoms with van der Waals surface area (Å²) in [7, 11) is 3.83. The van der Waals surface area contributed by atoms with Crippen molar-refractivity contribution >= 4 is 28.7 Å². The van der Waals surface area contributed by atoms with E-state index in [9.17, 15) is 14.0 Å². The fraction of sp³-hybridized carbons (Fsp3) is 0.519. The lowest BCUT2D eigenvalue weighted by atomic mass is 9.88. The lowest BCUT2D eigenvalue weighted by Crippen LogP contribution is -2.56. The fourth-order valence-electron chi connectivity index (χ4n) is 5.00. The second-order valence-corrected chi connectivity index (χ2v) is 10.8. The van der Waals surface area contributed by atoms with Crippen molar-refractivity contribution in [1.29, 1.82) is 0 Å². The number of nitrogens with one attached hydrogen (secondary N) is 2. The summed E-state index contributed by atoms with van der Waals surface area (Å²) in [5, 5.41) is 8.87. The number of halogens is 1. The van der Waals surface area contributed by atoms with Gasteiger partial charge in [-0.25, -0.2) is 9.37 Å². The number of carbonyl (C=O) groups is 2. The van der Waals surface area contributed by atoms with Crippen LogP contribution in [0.3, 0.4) is 0 Å². The molecular weight excluding hydrogens is 477 g/mol. The Morgan fingerprint density at radius 1 is 1.17 bits per heavy atom. The first-order chi connectivity index (χ1) is 17.3. The van der Waals surface area contributed by atoms with Crippen molar-refractivity contribution < 1.29 is 14.0 Å². The number of aromatic nitrogens is 1. The van der Waals surface area contributed by atoms with E-state index in [2.05, 4.69) is 29.2 Å². The lowest BCUT2D eigenvalue weighted by molar-refractivity contribution is -0.139. The number of piperidine rings is 1. The number of rotatable bonds is 8. The Kier molecular flexibility index (Phi) is 8.54. The van der Waals surface area contributed by atoms with Gasteiger partial charge in [0.05, 0.1) is 17.8 Å². The van der Waals surface area contributed by atoms with E-state index in [-0.39, 0.29) is 35.6 Å². The molecule has 7 nitrogen and oxygen atoms in total. The maximum Gasteiger partial charge on any atom is 0.246 e. The fourth-order valence-corrected chi connectivity index (χ4v) is 5.98. The molecule has 3 atom stereocenters. The van der Waals surface area contributed by atoms with Gasteiger partial charge in [-0.2, -0.15) is 0 Å². The lowest BCUT2D eigenvalue weighted by Gasteiger charge is -2.37. The topological polar surface area (TPSA) is 77.6 Å². The summed E-state index contributed by atoms with van der Waals surface area (Å²) in [5.41, 5.74) is 2.28. The zero-order chi connectivity index (χ0) is 25.8. The molecular formula is C27H36FN5O2S. The van der Waals surface area contributed by atoms with Crippen molar-refractivity contribution in [2.24, 2.45) is 5.92 Å². The number of hydrogen-bond acceptors (Lipinski definition) is 6. The van der Waals surface area contributed by atoms with Gasteiger partial charge in [0, 0.05) is 17.5 Å². The molecule has 0 spiro atoms. The number of benzene rings is 1. The summed E-state index contributed by atoms with van der Waals surface area (Å²) in [4.78, 5) is 35.8. The molecule has 3 heterocycles. The smallest absolute Gasteiger partial charge is 0.246 e. The molecule has 2 N–H and O–H groups in total. The third-order valence-electron chi connectivity index (χ3n) is 7.47. The third-order valence-corrected chi connectivity index (χ3v) is 8.42. The van der Waals surface area contributed by atoms with Gasteiger partial charge in [0.2, 0.25) is 11.8 Å². The number of nitrogens with zero attached hydrogens (tertiary/aromatic N) is 3. The zero-order valence-corrected chi connectivity index (χ0v) is 22.1. The Balaban J connectivity index is 1.53. The van der Waals surface area contributed by atoms with Gasteiger partial charge >= 0.3 is 0 Å². The van der Waals surface area contributed by atoms with Gasteiger partial charge in [-0.3, -0.25) is 9.59 Å². The van der Waals surface area contributed by atoms with Gasteiger partial charge in [0.1, 0.15) is 16.9 Å². The van der Waals surface area contributed by atoms with Gasteiger partial charge in [0.25, 0.3) is 0 Å². The minimum absolute atomic E-state index is 0.0159. The highest BCUT2D eigenvalue weighted by Gasteiger charge is 2.40. The van der Waals surface area contributed by atoms with Crippen LogP contribution in [0, 0.1) is 11.7 Å². The van der Waals surface area contributed by atoms with E-state index in [1.807, 2.05) is 10.3 Å². The molecule has 36 heavy (non-hydrogen) atoms. The Morgan fingerprint density at radius 3 is 2.53 bits per heavy atom. The number of thiazole rings is 1. The predicted octanol–water partition coefficient (Wildman–Crippen LogP) is 3.44. The van der Waals surface area contributed by atoms with Gasteiger partial charge in [-0.1, -0.05) is 18.7 Å². The SMILES string of the molecule is C=C(c1ccc(F)cc1)c1csc([C@@H]2CCCN2C(=O)[C@@H](NC(=O)[C@H](C)NC)C2CCN(C)CC2)n1. The molecule has 1 aromatic heterocycles. The van der Waals surface area contributed by atoms with Crippen LogP contribution in [0.4, 0.5) is 4.39 Å². The molecule has 2 amide bonds. The first-order valence-electron chi connectivity index (χ1n) is 12.7. The van der Waals surface area contributed by atoms with Crippen LogP contribution < -0.4 is 10.6 Å². The van der Waals surface area contributed by atoms with Crippen molar-refractivity contribution in [3.63, 3.8) is 0 Å². The van der Waals surface area contributed by atoms with Gasteiger partial charge in [-0.05, 0) is 83.4 Å². The van der Waals surface area contributed by atoms with Crippen molar-refractivity contribution in [2.75, 3.05) is 33.7 Å². The molecule has 0 radical (unpaired) electrons. The monoisotopic (exact) mass is 513 g/mol. The van der Waals surface area contributed by atoms with Crippen molar-refractivity contribution in [3.8, 4) is 0 Å². The van der Waals surface area contributed by atoms with Crippen molar-refractivity contribution in [2.45, 2.75) is 50.7 Å². The number of likely N-dealkylation sites (N-methyl/N-ethyl adjacent to an activating group) is 1. The van der Waals surface area contributed by atoms with Crippen LogP contribution in [0.5, 0.6) is 0 Å². The maximum atomic E-state index is 14.0. The van der Waals surface area contributed by atoms with E-state index >= 15 is 0 Å². The quantitative estimate of drug-likeness (QED) is 0.566. The summed E-state index contributed by atoms with van der Waals surface area (Å²) in [6.45, 7) is 8.43. The van der Waals surface area contributed by atoms with E-state index in [4.69, 9.17) is 4.98 Å². The molecule has 2 aliphatic heterocycles. The summed E-state index contributed by atoms with van der Waals surface area (Å²) in [5.74, 6) is -0.357. The molecule has 0 unspecified atom stereocenters. The Bertz CT molecular complexity index is 1080. The van der Waals surface area contributed by atoms with Gasteiger partial charge in [-0.15, -0.1) is 11.3 Å². The van der Waals surface area contributed by atoms with E-state index in [1.165, 1.54) is 23.5 Å². The molecule has 2 aromatic rings. The molecule has 194 valence electrons. The highest BCUT2D eigenvalue weighted by Crippen LogP contribution is 2.37. The van der Waals surface area contributed by atoms with E-state index < -0.39 is 6.04 Å². The van der Waals surface area contributed by atoms with Crippen LogP contribution in [0.15, 0.2) is 36.2 Å². The average molecular weight is 514 g/mol. The summed E-state index contributed by atoms with van der Waals surface area (Å²) in [6, 6.07) is 5.18. The van der Waals surface area contributed by atoms with Crippen LogP contribution in [0.25, 0.3) is 5.57 Å². The van der Waals surface area contributed by atoms with Gasteiger partial charge in [0.15, 0.2) is 0 Å². The molecule has 0 saturated carbocycles. The predicted molar refractivity (Wildman–Crippen MR) is 141 cm³/mol. The molecule has 4 rings (SSSR count). The Labute approximate surface area is 216 Å². The number of amides is 2. The highest BCUT2D eigenvalue weighted by molar-refractivity contribution is 7.09. The van der Waals surface area contributed by atoms with Crippen molar-refractivity contribution in [1.82, 2.24) is 25.4 Å². The Hall–Kier alpha value is -2.62. The number of likely N-dealkylation sites (tertiary alicyclic amines) is 2. The molecule has 1 aromatic carbocycles. The van der Waals surface area contributed by atoms with Crippen LogP contribution in [0.2, 0.25) is 0 Å². The largest absolute Gasteiger partial charge is 0.343 e. The van der Waals surface area contributed by atoms with E-state index in [0.29, 0.717) is 6.54 Å². The first-order valence-corrected chi connectivity index (χ1v) is 13.5. The van der Waals surface area contributed by atoms with Crippen LogP contribution in [-0.4, -0.2) is 72.4 Å². The molecule has 0 aliphatic carbocycles. The molecule has 0 bridgehead atoms. The summed E-state index contributed by atoms with van der Waals surface area (Å²) < 4.78 is 13.3. The normalized spacial score (nSPS) is 20.8. The van der Waals surface area contributed by atoms with Crippen molar-refractivity contribution in [3.05, 3.63) is 58.3 Å². The molecule has 2 saturated heterocycles. The molecule has 2 fully saturated rings.